The fourth-order valence-electron chi connectivity index (χ4n) is 3.69. The van der Waals surface area contributed by atoms with Crippen LogP contribution in [0.3, 0.4) is 0 Å². The molecule has 0 aliphatic carbocycles. The molecule has 2 amide bonds. The number of fused-ring (bicyclic) bond motifs is 1. The molecule has 2 N–H and O–H groups in total. The number of carbonyl (C=O) groups is 2. The molecular formula is C21H23FN6O2S. The number of thiazole rings is 1. The maximum Gasteiger partial charge on any atom is 0.274 e. The summed E-state index contributed by atoms with van der Waals surface area (Å²) in [4.78, 5) is 39.7. The van der Waals surface area contributed by atoms with Gasteiger partial charge in [0.05, 0.1) is 11.0 Å². The molecule has 31 heavy (non-hydrogen) atoms. The Morgan fingerprint density at radius 3 is 2.84 bits per heavy atom. The Hall–Kier alpha value is -3.14. The molecule has 0 spiro atoms. The molecule has 1 aliphatic rings. The maximum atomic E-state index is 13.6. The van der Waals surface area contributed by atoms with E-state index < -0.39 is 0 Å². The minimum Gasteiger partial charge on any atom is -0.352 e. The topological polar surface area (TPSA) is 100 Å². The largest absolute Gasteiger partial charge is 0.352 e. The van der Waals surface area contributed by atoms with E-state index in [0.717, 1.165) is 10.6 Å². The highest BCUT2D eigenvalue weighted by Gasteiger charge is 2.30. The Labute approximate surface area is 182 Å². The molecule has 10 heteroatoms. The predicted octanol–water partition coefficient (Wildman–Crippen LogP) is 3.06. The van der Waals surface area contributed by atoms with Gasteiger partial charge in [-0.15, -0.1) is 11.3 Å². The Balaban J connectivity index is 1.62. The summed E-state index contributed by atoms with van der Waals surface area (Å²) in [5, 5.41) is 6.80. The van der Waals surface area contributed by atoms with Crippen molar-refractivity contribution in [1.82, 2.24) is 25.2 Å². The molecule has 2 aromatic heterocycles. The van der Waals surface area contributed by atoms with E-state index in [1.807, 2.05) is 19.9 Å². The lowest BCUT2D eigenvalue weighted by atomic mass is 10.1. The van der Waals surface area contributed by atoms with E-state index in [2.05, 4.69) is 25.6 Å². The summed E-state index contributed by atoms with van der Waals surface area (Å²) in [6.07, 6.45) is 0.697. The zero-order chi connectivity index (χ0) is 22.1. The van der Waals surface area contributed by atoms with Gasteiger partial charge in [-0.2, -0.15) is 4.98 Å². The molecule has 1 saturated heterocycles. The van der Waals surface area contributed by atoms with E-state index in [0.29, 0.717) is 29.9 Å². The highest BCUT2D eigenvalue weighted by Crippen LogP contribution is 2.27. The number of aryl methyl sites for hydroxylation is 1. The van der Waals surface area contributed by atoms with Crippen molar-refractivity contribution in [3.63, 3.8) is 0 Å². The zero-order valence-corrected chi connectivity index (χ0v) is 18.3. The number of aromatic nitrogens is 3. The molecular weight excluding hydrogens is 419 g/mol. The van der Waals surface area contributed by atoms with E-state index in [1.165, 1.54) is 30.4 Å². The first-order valence-corrected chi connectivity index (χ1v) is 10.9. The van der Waals surface area contributed by atoms with E-state index in [-0.39, 0.29) is 41.4 Å². The van der Waals surface area contributed by atoms with Gasteiger partial charge in [-0.3, -0.25) is 9.59 Å². The first kappa shape index (κ1) is 21.1. The fourth-order valence-corrected chi connectivity index (χ4v) is 4.53. The summed E-state index contributed by atoms with van der Waals surface area (Å²) < 4.78 is 14.2. The van der Waals surface area contributed by atoms with E-state index in [4.69, 9.17) is 0 Å². The Bertz CT molecular complexity index is 1150. The van der Waals surface area contributed by atoms with Crippen molar-refractivity contribution in [1.29, 1.82) is 0 Å². The normalized spacial score (nSPS) is 17.0. The summed E-state index contributed by atoms with van der Waals surface area (Å²) in [6, 6.07) is 5.95. The Morgan fingerprint density at radius 1 is 1.29 bits per heavy atom. The molecule has 0 bridgehead atoms. The van der Waals surface area contributed by atoms with Gasteiger partial charge in [-0.1, -0.05) is 12.1 Å². The summed E-state index contributed by atoms with van der Waals surface area (Å²) >= 11 is 1.37. The summed E-state index contributed by atoms with van der Waals surface area (Å²) in [7, 11) is 0. The van der Waals surface area contributed by atoms with Crippen molar-refractivity contribution in [3.05, 3.63) is 46.3 Å². The van der Waals surface area contributed by atoms with Crippen LogP contribution < -0.4 is 10.6 Å². The van der Waals surface area contributed by atoms with Gasteiger partial charge >= 0.3 is 0 Å². The van der Waals surface area contributed by atoms with Crippen LogP contribution in [0.25, 0.3) is 10.3 Å². The van der Waals surface area contributed by atoms with Gasteiger partial charge in [-0.05, 0) is 38.0 Å². The molecule has 0 saturated carbocycles. The number of rotatable bonds is 5. The number of nitrogens with one attached hydrogen (secondary N) is 2. The highest BCUT2D eigenvalue weighted by atomic mass is 32.1. The number of hydrogen-bond donors (Lipinski definition) is 2. The molecule has 1 aromatic carbocycles. The van der Waals surface area contributed by atoms with Crippen molar-refractivity contribution < 1.29 is 14.0 Å². The lowest BCUT2D eigenvalue weighted by Gasteiger charge is -2.18. The number of carbonyl (C=O) groups excluding carboxylic acids is 2. The SMILES string of the molecule is CC(=O)NC1CCN(C(=O)c2nc(NC(C)c3cccc(F)c3)nc3nc(C)sc23)C1. The van der Waals surface area contributed by atoms with Crippen LogP contribution in [0.5, 0.6) is 0 Å². The molecule has 162 valence electrons. The van der Waals surface area contributed by atoms with Gasteiger partial charge in [0.1, 0.15) is 10.5 Å². The van der Waals surface area contributed by atoms with Gasteiger partial charge in [0.15, 0.2) is 11.3 Å². The van der Waals surface area contributed by atoms with Gasteiger partial charge in [-0.25, -0.2) is 14.4 Å². The molecule has 3 heterocycles. The number of nitrogens with zero attached hydrogens (tertiary/aromatic N) is 4. The Kier molecular flexibility index (Phi) is 5.81. The molecule has 4 rings (SSSR count). The third-order valence-corrected chi connectivity index (χ3v) is 6.11. The fraction of sp³-hybridized carbons (Fsp3) is 0.381. The lowest BCUT2D eigenvalue weighted by Crippen LogP contribution is -2.37. The van der Waals surface area contributed by atoms with Crippen LogP contribution in [0.15, 0.2) is 24.3 Å². The highest BCUT2D eigenvalue weighted by molar-refractivity contribution is 7.18. The van der Waals surface area contributed by atoms with Crippen LogP contribution in [0, 0.1) is 12.7 Å². The molecule has 2 atom stereocenters. The summed E-state index contributed by atoms with van der Waals surface area (Å²) in [5.74, 6) is -0.392. The number of benzene rings is 1. The lowest BCUT2D eigenvalue weighted by molar-refractivity contribution is -0.119. The summed E-state index contributed by atoms with van der Waals surface area (Å²) in [5.41, 5.74) is 1.48. The van der Waals surface area contributed by atoms with Crippen LogP contribution in [-0.4, -0.2) is 50.8 Å². The van der Waals surface area contributed by atoms with Crippen molar-refractivity contribution in [2.45, 2.75) is 39.3 Å². The zero-order valence-electron chi connectivity index (χ0n) is 17.5. The van der Waals surface area contributed by atoms with E-state index >= 15 is 0 Å². The Morgan fingerprint density at radius 2 is 2.10 bits per heavy atom. The molecule has 1 fully saturated rings. The number of amides is 2. The first-order valence-electron chi connectivity index (χ1n) is 10.0. The monoisotopic (exact) mass is 442 g/mol. The van der Waals surface area contributed by atoms with Gasteiger partial charge < -0.3 is 15.5 Å². The minimum absolute atomic E-state index is 0.0624. The quantitative estimate of drug-likeness (QED) is 0.630. The standard InChI is InChI=1S/C21H23FN6O2S/c1-11(14-5-4-6-15(22)9-14)23-21-26-17(18-19(27-21)25-13(3)31-18)20(30)28-8-7-16(10-28)24-12(2)29/h4-6,9,11,16H,7-8,10H2,1-3H3,(H,24,29)(H,23,26,27). The smallest absolute Gasteiger partial charge is 0.274 e. The third kappa shape index (κ3) is 4.63. The minimum atomic E-state index is -0.323. The van der Waals surface area contributed by atoms with Crippen LogP contribution in [0.1, 0.15) is 47.4 Å². The van der Waals surface area contributed by atoms with Crippen molar-refractivity contribution in [2.75, 3.05) is 18.4 Å². The van der Waals surface area contributed by atoms with Crippen molar-refractivity contribution >= 4 is 39.4 Å². The number of hydrogen-bond acceptors (Lipinski definition) is 7. The van der Waals surface area contributed by atoms with Gasteiger partial charge in [0, 0.05) is 26.1 Å². The molecule has 8 nitrogen and oxygen atoms in total. The molecule has 1 aliphatic heterocycles. The summed E-state index contributed by atoms with van der Waals surface area (Å²) in [6.45, 7) is 6.16. The predicted molar refractivity (Wildman–Crippen MR) is 117 cm³/mol. The van der Waals surface area contributed by atoms with E-state index in [9.17, 15) is 14.0 Å². The average Bonchev–Trinajstić information content (AvgIpc) is 3.32. The molecule has 3 aromatic rings. The van der Waals surface area contributed by atoms with Crippen LogP contribution in [0.2, 0.25) is 0 Å². The second kappa shape index (κ2) is 8.54. The van der Waals surface area contributed by atoms with E-state index in [1.54, 1.807) is 11.0 Å². The number of anilines is 1. The van der Waals surface area contributed by atoms with Gasteiger partial charge in [0.2, 0.25) is 11.9 Å². The van der Waals surface area contributed by atoms with Crippen molar-refractivity contribution in [2.24, 2.45) is 0 Å². The molecule has 0 radical (unpaired) electrons. The van der Waals surface area contributed by atoms with Gasteiger partial charge in [0.25, 0.3) is 5.91 Å². The number of halogens is 1. The first-order chi connectivity index (χ1) is 14.8. The number of likely N-dealkylation sites (tertiary alicyclic amines) is 1. The second-order valence-corrected chi connectivity index (χ2v) is 8.84. The molecule has 2 unspecified atom stereocenters. The van der Waals surface area contributed by atoms with Crippen LogP contribution in [-0.2, 0) is 4.79 Å². The maximum absolute atomic E-state index is 13.6. The van der Waals surface area contributed by atoms with Crippen molar-refractivity contribution in [3.8, 4) is 0 Å². The average molecular weight is 443 g/mol. The second-order valence-electron chi connectivity index (χ2n) is 7.64. The van der Waals surface area contributed by atoms with Crippen LogP contribution >= 0.6 is 11.3 Å². The van der Waals surface area contributed by atoms with Crippen LogP contribution in [0.4, 0.5) is 10.3 Å². The third-order valence-electron chi connectivity index (χ3n) is 5.14.